The molecule has 1 aliphatic rings. The van der Waals surface area contributed by atoms with E-state index in [4.69, 9.17) is 4.74 Å². The summed E-state index contributed by atoms with van der Waals surface area (Å²) in [7, 11) is 0. The molecule has 3 nitrogen and oxygen atoms in total. The molecule has 0 amide bonds. The summed E-state index contributed by atoms with van der Waals surface area (Å²) in [5, 5.41) is 3.54. The van der Waals surface area contributed by atoms with Crippen LogP contribution in [0.25, 0.3) is 0 Å². The quantitative estimate of drug-likeness (QED) is 0.835. The molecule has 0 saturated carbocycles. The molecule has 2 atom stereocenters. The van der Waals surface area contributed by atoms with Gasteiger partial charge in [0.15, 0.2) is 0 Å². The molecule has 0 aromatic heterocycles. The summed E-state index contributed by atoms with van der Waals surface area (Å²) in [6, 6.07) is 7.73. The minimum absolute atomic E-state index is 0.207. The normalized spacial score (nSPS) is 20.3. The lowest BCUT2D eigenvalue weighted by atomic mass is 10.1. The number of rotatable bonds is 7. The van der Waals surface area contributed by atoms with Crippen LogP contribution in [0.2, 0.25) is 0 Å². The fourth-order valence-corrected chi connectivity index (χ4v) is 2.37. The van der Waals surface area contributed by atoms with Crippen molar-refractivity contribution in [2.24, 2.45) is 0 Å². The molecular formula is C15H21F2NO2. The zero-order chi connectivity index (χ0) is 14.4. The topological polar surface area (TPSA) is 30.5 Å². The van der Waals surface area contributed by atoms with Gasteiger partial charge >= 0.3 is 6.61 Å². The molecule has 112 valence electrons. The van der Waals surface area contributed by atoms with Gasteiger partial charge in [0.1, 0.15) is 5.75 Å². The van der Waals surface area contributed by atoms with E-state index in [0.29, 0.717) is 12.1 Å². The van der Waals surface area contributed by atoms with Gasteiger partial charge < -0.3 is 14.8 Å². The maximum absolute atomic E-state index is 12.0. The van der Waals surface area contributed by atoms with Crippen molar-refractivity contribution in [3.63, 3.8) is 0 Å². The van der Waals surface area contributed by atoms with Gasteiger partial charge in [0.05, 0.1) is 6.61 Å². The van der Waals surface area contributed by atoms with E-state index in [0.717, 1.165) is 38.0 Å². The molecule has 1 aliphatic heterocycles. The molecule has 0 bridgehead atoms. The Morgan fingerprint density at radius 2 is 2.10 bits per heavy atom. The summed E-state index contributed by atoms with van der Waals surface area (Å²) in [6.45, 7) is 1.03. The molecule has 2 unspecified atom stereocenters. The average molecular weight is 285 g/mol. The Hall–Kier alpha value is -1.20. The Bertz CT molecular complexity index is 391. The maximum atomic E-state index is 12.0. The minimum Gasteiger partial charge on any atom is -0.435 e. The van der Waals surface area contributed by atoms with E-state index in [1.54, 1.807) is 12.1 Å². The largest absolute Gasteiger partial charge is 0.435 e. The second-order valence-corrected chi connectivity index (χ2v) is 5.19. The molecule has 0 radical (unpaired) electrons. The number of benzene rings is 1. The lowest BCUT2D eigenvalue weighted by Crippen LogP contribution is -2.37. The van der Waals surface area contributed by atoms with E-state index in [1.165, 1.54) is 0 Å². The number of ether oxygens (including phenoxy) is 2. The van der Waals surface area contributed by atoms with Crippen molar-refractivity contribution in [3.8, 4) is 5.75 Å². The Balaban J connectivity index is 1.72. The summed E-state index contributed by atoms with van der Waals surface area (Å²) in [6.07, 6.45) is 2.99. The highest BCUT2D eigenvalue weighted by molar-refractivity contribution is 5.27. The monoisotopic (exact) mass is 285 g/mol. The van der Waals surface area contributed by atoms with Gasteiger partial charge in [0, 0.05) is 18.7 Å². The lowest BCUT2D eigenvalue weighted by Gasteiger charge is -2.18. The first-order valence-electron chi connectivity index (χ1n) is 7.01. The Morgan fingerprint density at radius 3 is 2.70 bits per heavy atom. The van der Waals surface area contributed by atoms with Crippen molar-refractivity contribution < 1.29 is 18.3 Å². The van der Waals surface area contributed by atoms with Crippen molar-refractivity contribution in [3.05, 3.63) is 29.8 Å². The third-order valence-corrected chi connectivity index (χ3v) is 3.46. The molecule has 1 aromatic rings. The molecule has 0 aliphatic carbocycles. The number of alkyl halides is 2. The molecule has 2 rings (SSSR count). The van der Waals surface area contributed by atoms with Gasteiger partial charge in [0.2, 0.25) is 0 Å². The standard InChI is InChI=1S/C15H21F2NO2/c1-11(18-13-8-9-19-10-13)2-3-12-4-6-14(7-5-12)20-15(16)17/h4-7,11,13,15,18H,2-3,8-10H2,1H3. The summed E-state index contributed by atoms with van der Waals surface area (Å²) >= 11 is 0. The van der Waals surface area contributed by atoms with Crippen molar-refractivity contribution in [1.82, 2.24) is 5.32 Å². The van der Waals surface area contributed by atoms with Crippen LogP contribution in [0.1, 0.15) is 25.3 Å². The van der Waals surface area contributed by atoms with Crippen LogP contribution in [-0.2, 0) is 11.2 Å². The van der Waals surface area contributed by atoms with Gasteiger partial charge in [-0.05, 0) is 43.9 Å². The molecule has 20 heavy (non-hydrogen) atoms. The second-order valence-electron chi connectivity index (χ2n) is 5.19. The van der Waals surface area contributed by atoms with Crippen LogP contribution in [0.3, 0.4) is 0 Å². The lowest BCUT2D eigenvalue weighted by molar-refractivity contribution is -0.0498. The zero-order valence-electron chi connectivity index (χ0n) is 11.6. The SMILES string of the molecule is CC(CCc1ccc(OC(F)F)cc1)NC1CCOC1. The summed E-state index contributed by atoms with van der Waals surface area (Å²) in [5.41, 5.74) is 1.13. The van der Waals surface area contributed by atoms with Crippen LogP contribution in [0.5, 0.6) is 5.75 Å². The highest BCUT2D eigenvalue weighted by atomic mass is 19.3. The van der Waals surface area contributed by atoms with Crippen LogP contribution in [0.15, 0.2) is 24.3 Å². The van der Waals surface area contributed by atoms with Gasteiger partial charge in [-0.2, -0.15) is 8.78 Å². The van der Waals surface area contributed by atoms with Crippen molar-refractivity contribution >= 4 is 0 Å². The van der Waals surface area contributed by atoms with Crippen LogP contribution in [-0.4, -0.2) is 31.9 Å². The van der Waals surface area contributed by atoms with Gasteiger partial charge in [-0.25, -0.2) is 0 Å². The number of nitrogens with one attached hydrogen (secondary N) is 1. The Morgan fingerprint density at radius 1 is 1.35 bits per heavy atom. The average Bonchev–Trinajstić information content (AvgIpc) is 2.90. The molecular weight excluding hydrogens is 264 g/mol. The second kappa shape index (κ2) is 7.55. The van der Waals surface area contributed by atoms with E-state index >= 15 is 0 Å². The Kier molecular flexibility index (Phi) is 5.73. The molecule has 1 fully saturated rings. The van der Waals surface area contributed by atoms with E-state index < -0.39 is 6.61 Å². The van der Waals surface area contributed by atoms with Crippen LogP contribution < -0.4 is 10.1 Å². The van der Waals surface area contributed by atoms with E-state index in [9.17, 15) is 8.78 Å². The molecule has 1 N–H and O–H groups in total. The van der Waals surface area contributed by atoms with Crippen LogP contribution in [0.4, 0.5) is 8.78 Å². The van der Waals surface area contributed by atoms with Crippen LogP contribution in [0, 0.1) is 0 Å². The number of aryl methyl sites for hydroxylation is 1. The highest BCUT2D eigenvalue weighted by Gasteiger charge is 2.17. The predicted molar refractivity (Wildman–Crippen MR) is 73.2 cm³/mol. The molecule has 0 spiro atoms. The van der Waals surface area contributed by atoms with E-state index in [2.05, 4.69) is 17.0 Å². The summed E-state index contributed by atoms with van der Waals surface area (Å²) in [5.74, 6) is 0.207. The molecule has 1 heterocycles. The maximum Gasteiger partial charge on any atom is 0.387 e. The summed E-state index contributed by atoms with van der Waals surface area (Å²) < 4.78 is 33.7. The number of hydrogen-bond donors (Lipinski definition) is 1. The smallest absolute Gasteiger partial charge is 0.387 e. The van der Waals surface area contributed by atoms with Gasteiger partial charge in [-0.15, -0.1) is 0 Å². The minimum atomic E-state index is -2.77. The first kappa shape index (κ1) is 15.2. The third-order valence-electron chi connectivity index (χ3n) is 3.46. The van der Waals surface area contributed by atoms with Crippen molar-refractivity contribution in [2.75, 3.05) is 13.2 Å². The molecule has 5 heteroatoms. The van der Waals surface area contributed by atoms with E-state index in [-0.39, 0.29) is 5.75 Å². The van der Waals surface area contributed by atoms with Gasteiger partial charge in [-0.3, -0.25) is 0 Å². The molecule has 1 saturated heterocycles. The number of hydrogen-bond acceptors (Lipinski definition) is 3. The zero-order valence-corrected chi connectivity index (χ0v) is 11.6. The van der Waals surface area contributed by atoms with Crippen LogP contribution >= 0.6 is 0 Å². The van der Waals surface area contributed by atoms with Gasteiger partial charge in [0.25, 0.3) is 0 Å². The van der Waals surface area contributed by atoms with Crippen molar-refractivity contribution in [1.29, 1.82) is 0 Å². The fraction of sp³-hybridized carbons (Fsp3) is 0.600. The fourth-order valence-electron chi connectivity index (χ4n) is 2.37. The molecule has 1 aromatic carbocycles. The first-order chi connectivity index (χ1) is 9.63. The third kappa shape index (κ3) is 5.06. The predicted octanol–water partition coefficient (Wildman–Crippen LogP) is 2.99. The Labute approximate surface area is 118 Å². The number of halogens is 2. The van der Waals surface area contributed by atoms with Gasteiger partial charge in [-0.1, -0.05) is 12.1 Å². The van der Waals surface area contributed by atoms with E-state index in [1.807, 2.05) is 12.1 Å². The first-order valence-corrected chi connectivity index (χ1v) is 7.01. The highest BCUT2D eigenvalue weighted by Crippen LogP contribution is 2.16. The summed E-state index contributed by atoms with van der Waals surface area (Å²) in [4.78, 5) is 0. The van der Waals surface area contributed by atoms with Crippen molar-refractivity contribution in [2.45, 2.75) is 44.9 Å².